The van der Waals surface area contributed by atoms with Crippen LogP contribution in [0, 0.1) is 11.3 Å². The average molecular weight is 1210 g/mol. The van der Waals surface area contributed by atoms with Crippen LogP contribution in [-0.2, 0) is 77.9 Å². The Morgan fingerprint density at radius 3 is 2.37 bits per heavy atom. The van der Waals surface area contributed by atoms with Crippen LogP contribution < -0.4 is 36.3 Å². The highest BCUT2D eigenvalue weighted by atomic mass is 32.2. The van der Waals surface area contributed by atoms with Crippen molar-refractivity contribution < 1.29 is 91.1 Å². The molecular weight excluding hydrogens is 1140 g/mol. The number of pyridine rings is 2. The molecule has 10 rings (SSSR count). The SMILES string of the molecule is CC[C@@]1(O)C(=O)OCc2c1cc1n(c2=O)Cc2c-1nc1cc3c(c4c1c2[C@@H](NC(=O)C(C)(C)COCNC(=O)[C@H](CO[C@@H]1O[C@H](C(=O)O)[C@@H](O)[C@H](O)[C@H]1O)NC(=O)[C@@H](NC(=O)c1ccc(-c2nsc(S(C)(=O)=O)n2)cc1)C(C)C)CC4)OCO3. The summed E-state index contributed by atoms with van der Waals surface area (Å²) in [5.74, 6) is -5.11. The van der Waals surface area contributed by atoms with Crippen LogP contribution in [0.25, 0.3) is 33.7 Å². The largest absolute Gasteiger partial charge is 0.479 e. The summed E-state index contributed by atoms with van der Waals surface area (Å²) in [5.41, 5.74) is 0.338. The summed E-state index contributed by atoms with van der Waals surface area (Å²) in [6.07, 6.45) is -8.39. The lowest BCUT2D eigenvalue weighted by Gasteiger charge is -2.38. The summed E-state index contributed by atoms with van der Waals surface area (Å²) in [5, 5.41) is 64.0. The number of hydrogen-bond acceptors (Lipinski definition) is 23. The van der Waals surface area contributed by atoms with E-state index in [0.717, 1.165) is 11.8 Å². The third-order valence-corrected chi connectivity index (χ3v) is 17.8. The molecule has 1 aliphatic carbocycles. The summed E-state index contributed by atoms with van der Waals surface area (Å²) in [4.78, 5) is 104. The molecule has 4 amide bonds. The number of nitrogens with zero attached hydrogens (tertiary/aromatic N) is 4. The van der Waals surface area contributed by atoms with Gasteiger partial charge in [-0.3, -0.25) is 24.0 Å². The van der Waals surface area contributed by atoms with Gasteiger partial charge in [0.25, 0.3) is 11.5 Å². The van der Waals surface area contributed by atoms with Crippen molar-refractivity contribution in [2.45, 2.75) is 126 Å². The highest BCUT2D eigenvalue weighted by Gasteiger charge is 2.49. The number of carbonyl (C=O) groups excluding carboxylic acids is 5. The first-order chi connectivity index (χ1) is 39.7. The number of ether oxygens (including phenoxy) is 6. The maximum Gasteiger partial charge on any atom is 0.343 e. The number of aryl methyl sites for hydroxylation is 1. The number of carbonyl (C=O) groups is 6. The van der Waals surface area contributed by atoms with Crippen molar-refractivity contribution in [3.8, 4) is 34.3 Å². The van der Waals surface area contributed by atoms with Gasteiger partial charge in [-0.25, -0.2) is 28.0 Å². The van der Waals surface area contributed by atoms with Crippen LogP contribution in [0.1, 0.15) is 91.7 Å². The summed E-state index contributed by atoms with van der Waals surface area (Å²) in [6.45, 7) is 6.04. The minimum absolute atomic E-state index is 0.0162. The number of benzene rings is 2. The van der Waals surface area contributed by atoms with Gasteiger partial charge in [-0.2, -0.15) is 4.37 Å². The molecule has 1 saturated heterocycles. The molecule has 0 radical (unpaired) electrons. The second kappa shape index (κ2) is 22.8. The van der Waals surface area contributed by atoms with E-state index in [0.29, 0.717) is 74.9 Å². The van der Waals surface area contributed by atoms with Crippen molar-refractivity contribution in [2.75, 3.05) is 33.0 Å². The molecule has 3 aromatic heterocycles. The number of rotatable bonds is 19. The standard InChI is InChI=1S/C54H60N8O20S2/c1-7-54(74)28-14-32-37-26(16-62(32)47(69)27(28)17-79-51(54)73)35-29(13-12-25-34(35)30(56-37)15-33-41(25)81-21-80-33)58-50(72)53(4,5)19-77-20-55-45(67)31(18-78-49-40(65)38(63)39(64)42(82-49)48(70)71)57-46(68)36(22(2)3)59-44(66)24-10-8-23(9-11-24)43-60-52(83-61-43)84(6,75)76/h8-11,14-15,22,29,31,36,38-40,42,49,63-65,74H,7,12-13,16-21H2,1-6H3,(H,55,67)(H,57,68)(H,58,72)(H,59,66)(H,70,71)/t29-,31-,36-,38-,39-,40+,42-,49+,54-/m0/s1. The first kappa shape index (κ1) is 59.6. The lowest BCUT2D eigenvalue weighted by Crippen LogP contribution is -2.61. The van der Waals surface area contributed by atoms with Crippen LogP contribution in [0.4, 0.5) is 0 Å². The maximum atomic E-state index is 14.5. The number of nitrogens with one attached hydrogen (secondary N) is 4. The Morgan fingerprint density at radius 2 is 1.69 bits per heavy atom. The van der Waals surface area contributed by atoms with Crippen LogP contribution >= 0.6 is 11.5 Å². The Hall–Kier alpha value is -7.55. The van der Waals surface area contributed by atoms with Crippen molar-refractivity contribution in [3.05, 3.63) is 80.1 Å². The van der Waals surface area contributed by atoms with Crippen LogP contribution in [0.5, 0.6) is 11.5 Å². The zero-order valence-electron chi connectivity index (χ0n) is 46.0. The van der Waals surface area contributed by atoms with E-state index in [4.69, 9.17) is 33.4 Å². The molecule has 0 unspecified atom stereocenters. The van der Waals surface area contributed by atoms with Gasteiger partial charge in [0.2, 0.25) is 38.7 Å². The monoisotopic (exact) mass is 1200 g/mol. The molecule has 5 aromatic rings. The van der Waals surface area contributed by atoms with Gasteiger partial charge in [0.05, 0.1) is 53.7 Å². The maximum absolute atomic E-state index is 14.5. The number of cyclic esters (lactones) is 1. The van der Waals surface area contributed by atoms with Gasteiger partial charge in [-0.1, -0.05) is 32.9 Å². The number of aliphatic hydroxyl groups excluding tert-OH is 3. The number of fused-ring (bicyclic) bond motifs is 7. The fraction of sp³-hybridized carbons (Fsp3) is 0.481. The Kier molecular flexibility index (Phi) is 16.2. The Balaban J connectivity index is 0.837. The Morgan fingerprint density at radius 1 is 0.952 bits per heavy atom. The van der Waals surface area contributed by atoms with Gasteiger partial charge < -0.3 is 79.8 Å². The molecule has 2 aromatic carbocycles. The summed E-state index contributed by atoms with van der Waals surface area (Å²) in [7, 11) is -3.61. The highest BCUT2D eigenvalue weighted by Crippen LogP contribution is 2.50. The topological polar surface area (TPSA) is 402 Å². The number of esters is 1. The minimum Gasteiger partial charge on any atom is -0.479 e. The number of aromatic nitrogens is 4. The normalized spacial score (nSPS) is 23.0. The summed E-state index contributed by atoms with van der Waals surface area (Å²) >= 11 is 0.691. The Labute approximate surface area is 481 Å². The third-order valence-electron chi connectivity index (χ3n) is 15.5. The zero-order chi connectivity index (χ0) is 60.5. The molecule has 7 heterocycles. The first-order valence-corrected chi connectivity index (χ1v) is 29.3. The molecule has 0 saturated carbocycles. The zero-order valence-corrected chi connectivity index (χ0v) is 47.6. The van der Waals surface area contributed by atoms with Gasteiger partial charge >= 0.3 is 11.9 Å². The van der Waals surface area contributed by atoms with E-state index in [1.165, 1.54) is 28.8 Å². The molecule has 84 heavy (non-hydrogen) atoms. The van der Waals surface area contributed by atoms with Crippen LogP contribution in [0.3, 0.4) is 0 Å². The lowest BCUT2D eigenvalue weighted by atomic mass is 9.82. The first-order valence-electron chi connectivity index (χ1n) is 26.6. The van der Waals surface area contributed by atoms with E-state index < -0.39 is 130 Å². The second-order valence-electron chi connectivity index (χ2n) is 22.0. The van der Waals surface area contributed by atoms with Crippen molar-refractivity contribution in [1.29, 1.82) is 0 Å². The second-order valence-corrected chi connectivity index (χ2v) is 24.9. The van der Waals surface area contributed by atoms with E-state index in [2.05, 4.69) is 30.6 Å². The highest BCUT2D eigenvalue weighted by molar-refractivity contribution is 7.92. The lowest BCUT2D eigenvalue weighted by molar-refractivity contribution is -0.294. The summed E-state index contributed by atoms with van der Waals surface area (Å²) in [6, 6.07) is 5.44. The fourth-order valence-electron chi connectivity index (χ4n) is 10.7. The number of aliphatic hydroxyl groups is 4. The molecule has 9 N–H and O–H groups in total. The quantitative estimate of drug-likeness (QED) is 0.0288. The van der Waals surface area contributed by atoms with E-state index in [1.54, 1.807) is 46.8 Å². The molecule has 0 bridgehead atoms. The smallest absolute Gasteiger partial charge is 0.343 e. The van der Waals surface area contributed by atoms with E-state index >= 15 is 0 Å². The van der Waals surface area contributed by atoms with E-state index in [-0.39, 0.29) is 59.8 Å². The third kappa shape index (κ3) is 11.0. The average Bonchev–Trinajstić information content (AvgIpc) is 4.29. The number of aliphatic carboxylic acids is 1. The molecule has 5 aliphatic rings. The van der Waals surface area contributed by atoms with Crippen LogP contribution in [0.15, 0.2) is 45.5 Å². The van der Waals surface area contributed by atoms with E-state index in [9.17, 15) is 67.5 Å². The molecule has 4 aliphatic heterocycles. The fourth-order valence-corrected chi connectivity index (χ4v) is 12.1. The predicted molar refractivity (Wildman–Crippen MR) is 289 cm³/mol. The van der Waals surface area contributed by atoms with Crippen LogP contribution in [0.2, 0.25) is 0 Å². The molecule has 0 spiro atoms. The Bertz CT molecular complexity index is 3700. The van der Waals surface area contributed by atoms with Crippen LogP contribution in [-0.4, -0.2) is 164 Å². The van der Waals surface area contributed by atoms with E-state index in [1.807, 2.05) is 0 Å². The molecule has 9 atom stereocenters. The molecule has 1 fully saturated rings. The number of carboxylic acids is 1. The molecule has 448 valence electrons. The van der Waals surface area contributed by atoms with Gasteiger partial charge in [0.1, 0.15) is 43.7 Å². The van der Waals surface area contributed by atoms with Gasteiger partial charge in [0, 0.05) is 45.5 Å². The number of carboxylic acid groups (broad SMARTS) is 1. The number of amides is 4. The molecular formula is C54H60N8O20S2. The van der Waals surface area contributed by atoms with Crippen molar-refractivity contribution in [2.24, 2.45) is 11.3 Å². The predicted octanol–water partition coefficient (Wildman–Crippen LogP) is -0.201. The molecule has 28 nitrogen and oxygen atoms in total. The van der Waals surface area contributed by atoms with Gasteiger partial charge in [0.15, 0.2) is 35.3 Å². The minimum atomic E-state index is -3.61. The van der Waals surface area contributed by atoms with Crippen molar-refractivity contribution in [3.63, 3.8) is 0 Å². The van der Waals surface area contributed by atoms with Gasteiger partial charge in [-0.05, 0) is 74.3 Å². The number of hydrogen-bond donors (Lipinski definition) is 9. The van der Waals surface area contributed by atoms with Crippen molar-refractivity contribution in [1.82, 2.24) is 40.2 Å². The number of sulfone groups is 1. The molecule has 30 heteroatoms. The summed E-state index contributed by atoms with van der Waals surface area (Å²) < 4.78 is 62.9. The van der Waals surface area contributed by atoms with Crippen molar-refractivity contribution >= 4 is 67.8 Å². The van der Waals surface area contributed by atoms with Gasteiger partial charge in [-0.15, -0.1) is 0 Å².